The maximum absolute atomic E-state index is 13.2. The van der Waals surface area contributed by atoms with Gasteiger partial charge in [0.25, 0.3) is 0 Å². The topological polar surface area (TPSA) is 41.6 Å². The Morgan fingerprint density at radius 1 is 1.29 bits per heavy atom. The monoisotopic (exact) mass is 296 g/mol. The Labute approximate surface area is 129 Å². The number of carbonyl (C=O) groups is 1. The first kappa shape index (κ1) is 16.8. The zero-order valence-corrected chi connectivity index (χ0v) is 14.3. The van der Waals surface area contributed by atoms with Crippen LogP contribution in [0.4, 0.5) is 0 Å². The lowest BCUT2D eigenvalue weighted by Crippen LogP contribution is -2.50. The lowest BCUT2D eigenvalue weighted by molar-refractivity contribution is -0.137. The maximum Gasteiger partial charge on any atom is 0.244 e. The molecule has 1 N–H and O–H groups in total. The first-order chi connectivity index (χ1) is 9.91. The minimum Gasteiger partial charge on any atom is -0.383 e. The van der Waals surface area contributed by atoms with Crippen molar-refractivity contribution in [2.75, 3.05) is 13.7 Å². The third-order valence-corrected chi connectivity index (χ3v) is 5.04. The molecule has 2 atom stereocenters. The van der Waals surface area contributed by atoms with Crippen LogP contribution < -0.4 is 5.32 Å². The van der Waals surface area contributed by atoms with E-state index < -0.39 is 0 Å². The molecule has 2 unspecified atom stereocenters. The number of methoxy groups -OCH3 is 1. The summed E-state index contributed by atoms with van der Waals surface area (Å²) in [6.45, 7) is 9.44. The Kier molecular flexibility index (Phi) is 5.31. The third-order valence-electron chi connectivity index (χ3n) is 5.04. The van der Waals surface area contributed by atoms with Crippen molar-refractivity contribution in [2.24, 2.45) is 11.8 Å². The standard InChI is InChI=1S/C17H32N2O2/c1-12(2)10-15-18-17(8-6-7-9-17)16(20)19(15)14(11-21-5)13(3)4/h12-15,18H,6-11H2,1-5H3. The van der Waals surface area contributed by atoms with Gasteiger partial charge in [-0.25, -0.2) is 0 Å². The summed E-state index contributed by atoms with van der Waals surface area (Å²) in [5.41, 5.74) is -0.277. The highest BCUT2D eigenvalue weighted by Gasteiger charge is 2.54. The highest BCUT2D eigenvalue weighted by molar-refractivity contribution is 5.89. The molecule has 1 saturated heterocycles. The van der Waals surface area contributed by atoms with Crippen molar-refractivity contribution in [3.05, 3.63) is 0 Å². The predicted octanol–water partition coefficient (Wildman–Crippen LogP) is 2.77. The summed E-state index contributed by atoms with van der Waals surface area (Å²) in [6, 6.07) is 0.165. The SMILES string of the molecule is COCC(C(C)C)N1C(=O)C2(CCCC2)NC1CC(C)C. The van der Waals surface area contributed by atoms with Crippen LogP contribution in [-0.2, 0) is 9.53 Å². The number of nitrogens with one attached hydrogen (secondary N) is 1. The lowest BCUT2D eigenvalue weighted by Gasteiger charge is -2.35. The zero-order chi connectivity index (χ0) is 15.6. The van der Waals surface area contributed by atoms with Crippen molar-refractivity contribution in [3.8, 4) is 0 Å². The Morgan fingerprint density at radius 2 is 1.90 bits per heavy atom. The summed E-state index contributed by atoms with van der Waals surface area (Å²) < 4.78 is 5.41. The fourth-order valence-corrected chi connectivity index (χ4v) is 3.94. The first-order valence-electron chi connectivity index (χ1n) is 8.50. The molecule has 0 aromatic rings. The average molecular weight is 296 g/mol. The second-order valence-corrected chi connectivity index (χ2v) is 7.56. The van der Waals surface area contributed by atoms with Gasteiger partial charge in [0.1, 0.15) is 0 Å². The van der Waals surface area contributed by atoms with Crippen LogP contribution in [0.3, 0.4) is 0 Å². The largest absolute Gasteiger partial charge is 0.383 e. The molecule has 1 saturated carbocycles. The van der Waals surface area contributed by atoms with Gasteiger partial charge in [-0.05, 0) is 31.1 Å². The molecule has 0 aromatic carbocycles. The van der Waals surface area contributed by atoms with Crippen LogP contribution in [-0.4, -0.2) is 42.3 Å². The molecule has 21 heavy (non-hydrogen) atoms. The van der Waals surface area contributed by atoms with Gasteiger partial charge in [0.15, 0.2) is 0 Å². The number of rotatable bonds is 6. The summed E-state index contributed by atoms with van der Waals surface area (Å²) in [6.07, 6.45) is 5.50. The van der Waals surface area contributed by atoms with E-state index in [9.17, 15) is 4.79 Å². The molecule has 1 aliphatic carbocycles. The molecule has 122 valence electrons. The molecule has 1 spiro atoms. The highest BCUT2D eigenvalue weighted by Crippen LogP contribution is 2.39. The molecule has 4 heteroatoms. The van der Waals surface area contributed by atoms with Crippen LogP contribution in [0.2, 0.25) is 0 Å². The van der Waals surface area contributed by atoms with Crippen LogP contribution in [0.25, 0.3) is 0 Å². The molecular formula is C17H32N2O2. The smallest absolute Gasteiger partial charge is 0.244 e. The van der Waals surface area contributed by atoms with Gasteiger partial charge in [0.05, 0.1) is 24.4 Å². The number of hydrogen-bond acceptors (Lipinski definition) is 3. The highest BCUT2D eigenvalue weighted by atomic mass is 16.5. The predicted molar refractivity (Wildman–Crippen MR) is 84.9 cm³/mol. The van der Waals surface area contributed by atoms with E-state index in [0.29, 0.717) is 24.3 Å². The summed E-state index contributed by atoms with van der Waals surface area (Å²) in [4.78, 5) is 15.3. The van der Waals surface area contributed by atoms with Crippen LogP contribution in [0.5, 0.6) is 0 Å². The molecule has 2 rings (SSSR count). The number of hydrogen-bond donors (Lipinski definition) is 1. The second-order valence-electron chi connectivity index (χ2n) is 7.56. The number of ether oxygens (including phenoxy) is 1. The summed E-state index contributed by atoms with van der Waals surface area (Å²) >= 11 is 0. The van der Waals surface area contributed by atoms with E-state index in [1.165, 1.54) is 0 Å². The third kappa shape index (κ3) is 3.26. The Bertz CT molecular complexity index is 362. The van der Waals surface area contributed by atoms with Gasteiger partial charge < -0.3 is 9.64 Å². The van der Waals surface area contributed by atoms with Crippen molar-refractivity contribution in [1.29, 1.82) is 0 Å². The minimum atomic E-state index is -0.277. The normalized spacial score (nSPS) is 26.5. The average Bonchev–Trinajstić information content (AvgIpc) is 2.95. The Balaban J connectivity index is 2.26. The zero-order valence-electron chi connectivity index (χ0n) is 14.3. The van der Waals surface area contributed by atoms with Crippen molar-refractivity contribution in [1.82, 2.24) is 10.2 Å². The molecule has 2 aliphatic rings. The molecule has 0 bridgehead atoms. The minimum absolute atomic E-state index is 0.165. The molecule has 0 radical (unpaired) electrons. The molecule has 1 amide bonds. The van der Waals surface area contributed by atoms with Crippen LogP contribution in [0, 0.1) is 11.8 Å². The van der Waals surface area contributed by atoms with E-state index in [4.69, 9.17) is 4.74 Å². The summed E-state index contributed by atoms with van der Waals surface area (Å²) in [7, 11) is 1.73. The Hall–Kier alpha value is -0.610. The van der Waals surface area contributed by atoms with E-state index in [-0.39, 0.29) is 17.7 Å². The van der Waals surface area contributed by atoms with Crippen molar-refractivity contribution >= 4 is 5.91 Å². The first-order valence-corrected chi connectivity index (χ1v) is 8.50. The fourth-order valence-electron chi connectivity index (χ4n) is 3.94. The van der Waals surface area contributed by atoms with Gasteiger partial charge >= 0.3 is 0 Å². The van der Waals surface area contributed by atoms with E-state index >= 15 is 0 Å². The van der Waals surface area contributed by atoms with E-state index in [1.54, 1.807) is 7.11 Å². The van der Waals surface area contributed by atoms with Gasteiger partial charge in [-0.3, -0.25) is 10.1 Å². The Morgan fingerprint density at radius 3 is 2.38 bits per heavy atom. The van der Waals surface area contributed by atoms with Crippen LogP contribution >= 0.6 is 0 Å². The molecular weight excluding hydrogens is 264 g/mol. The second kappa shape index (κ2) is 6.66. The number of nitrogens with zero attached hydrogens (tertiary/aromatic N) is 1. The molecule has 0 aromatic heterocycles. The van der Waals surface area contributed by atoms with Gasteiger partial charge in [-0.1, -0.05) is 40.5 Å². The van der Waals surface area contributed by atoms with E-state index in [2.05, 4.69) is 37.9 Å². The quantitative estimate of drug-likeness (QED) is 0.819. The number of amides is 1. The van der Waals surface area contributed by atoms with Crippen molar-refractivity contribution in [2.45, 2.75) is 77.5 Å². The molecule has 1 heterocycles. The molecule has 4 nitrogen and oxygen atoms in total. The number of carbonyl (C=O) groups excluding carboxylic acids is 1. The molecule has 1 aliphatic heterocycles. The maximum atomic E-state index is 13.2. The van der Waals surface area contributed by atoms with Gasteiger partial charge in [0, 0.05) is 7.11 Å². The van der Waals surface area contributed by atoms with Crippen molar-refractivity contribution < 1.29 is 9.53 Å². The summed E-state index contributed by atoms with van der Waals surface area (Å²) in [5, 5.41) is 3.71. The molecule has 2 fully saturated rings. The van der Waals surface area contributed by atoms with Gasteiger partial charge in [-0.15, -0.1) is 0 Å². The fraction of sp³-hybridized carbons (Fsp3) is 0.941. The van der Waals surface area contributed by atoms with Crippen LogP contribution in [0.1, 0.15) is 59.8 Å². The van der Waals surface area contributed by atoms with Crippen molar-refractivity contribution in [3.63, 3.8) is 0 Å². The van der Waals surface area contributed by atoms with Gasteiger partial charge in [-0.2, -0.15) is 0 Å². The summed E-state index contributed by atoms with van der Waals surface area (Å²) in [5.74, 6) is 1.30. The van der Waals surface area contributed by atoms with E-state index in [1.807, 2.05) is 0 Å². The van der Waals surface area contributed by atoms with Crippen LogP contribution in [0.15, 0.2) is 0 Å². The van der Waals surface area contributed by atoms with E-state index in [0.717, 1.165) is 32.1 Å². The lowest BCUT2D eigenvalue weighted by atomic mass is 9.96. The van der Waals surface area contributed by atoms with Gasteiger partial charge in [0.2, 0.25) is 5.91 Å².